The van der Waals surface area contributed by atoms with Crippen LogP contribution in [-0.2, 0) is 0 Å². The van der Waals surface area contributed by atoms with Crippen molar-refractivity contribution in [3.05, 3.63) is 53.7 Å². The Morgan fingerprint density at radius 2 is 1.48 bits per heavy atom. The number of ether oxygens (including phenoxy) is 3. The smallest absolute Gasteiger partial charge is 0.227 e. The van der Waals surface area contributed by atoms with E-state index in [1.165, 1.54) is 11.1 Å². The van der Waals surface area contributed by atoms with E-state index in [-0.39, 0.29) is 0 Å². The fourth-order valence-corrected chi connectivity index (χ4v) is 3.06. The van der Waals surface area contributed by atoms with Gasteiger partial charge in [-0.05, 0) is 31.0 Å². The van der Waals surface area contributed by atoms with Gasteiger partial charge < -0.3 is 19.5 Å². The molecule has 0 amide bonds. The van der Waals surface area contributed by atoms with E-state index in [0.29, 0.717) is 23.2 Å². The van der Waals surface area contributed by atoms with E-state index in [4.69, 9.17) is 14.2 Å². The molecule has 2 aromatic carbocycles. The third-order valence-corrected chi connectivity index (χ3v) is 4.31. The van der Waals surface area contributed by atoms with Crippen molar-refractivity contribution in [3.8, 4) is 28.5 Å². The summed E-state index contributed by atoms with van der Waals surface area (Å²) in [6.45, 7) is 4.16. The number of methoxy groups -OCH3 is 3. The lowest BCUT2D eigenvalue weighted by atomic mass is 10.00. The highest BCUT2D eigenvalue weighted by Crippen LogP contribution is 2.40. The highest BCUT2D eigenvalue weighted by atomic mass is 16.5. The Kier molecular flexibility index (Phi) is 5.45. The van der Waals surface area contributed by atoms with E-state index in [1.54, 1.807) is 27.5 Å². The molecule has 6 nitrogen and oxygen atoms in total. The van der Waals surface area contributed by atoms with Crippen LogP contribution in [0.5, 0.6) is 17.2 Å². The predicted octanol–water partition coefficient (Wildman–Crippen LogP) is 4.53. The minimum atomic E-state index is 0.490. The normalized spacial score (nSPS) is 10.4. The second-order valence-corrected chi connectivity index (χ2v) is 6.07. The fourth-order valence-electron chi connectivity index (χ4n) is 3.06. The quantitative estimate of drug-likeness (QED) is 0.692. The molecule has 1 heterocycles. The van der Waals surface area contributed by atoms with Crippen LogP contribution in [0, 0.1) is 13.8 Å². The van der Waals surface area contributed by atoms with Gasteiger partial charge >= 0.3 is 0 Å². The maximum atomic E-state index is 5.40. The molecule has 6 heteroatoms. The van der Waals surface area contributed by atoms with Gasteiger partial charge in [-0.25, -0.2) is 9.97 Å². The summed E-state index contributed by atoms with van der Waals surface area (Å²) in [5.74, 6) is 2.15. The van der Waals surface area contributed by atoms with E-state index >= 15 is 0 Å². The van der Waals surface area contributed by atoms with Crippen LogP contribution in [0.15, 0.2) is 42.6 Å². The van der Waals surface area contributed by atoms with Crippen molar-refractivity contribution in [1.82, 2.24) is 9.97 Å². The molecule has 0 saturated carbocycles. The number of anilines is 2. The van der Waals surface area contributed by atoms with Gasteiger partial charge in [-0.2, -0.15) is 0 Å². The lowest BCUT2D eigenvalue weighted by molar-refractivity contribution is 0.324. The van der Waals surface area contributed by atoms with E-state index in [0.717, 1.165) is 16.9 Å². The minimum absolute atomic E-state index is 0.490. The number of hydrogen-bond acceptors (Lipinski definition) is 6. The van der Waals surface area contributed by atoms with Crippen molar-refractivity contribution >= 4 is 11.6 Å². The van der Waals surface area contributed by atoms with Crippen molar-refractivity contribution in [1.29, 1.82) is 0 Å². The summed E-state index contributed by atoms with van der Waals surface area (Å²) in [4.78, 5) is 9.02. The van der Waals surface area contributed by atoms with Crippen molar-refractivity contribution in [3.63, 3.8) is 0 Å². The van der Waals surface area contributed by atoms with Crippen LogP contribution in [0.1, 0.15) is 11.1 Å². The van der Waals surface area contributed by atoms with Gasteiger partial charge in [-0.1, -0.05) is 18.2 Å². The molecule has 3 rings (SSSR count). The standard InChI is InChI=1S/C21H23N3O3/c1-13-7-6-8-14(2)19(13)16-9-10-22-21(24-16)23-15-11-17(25-3)20(27-5)18(12-15)26-4/h6-12H,1-5H3,(H,22,23,24). The highest BCUT2D eigenvalue weighted by Gasteiger charge is 2.14. The molecular formula is C21H23N3O3. The average Bonchev–Trinajstić information content (AvgIpc) is 2.67. The third-order valence-electron chi connectivity index (χ3n) is 4.31. The maximum absolute atomic E-state index is 5.40. The Bertz CT molecular complexity index is 912. The molecule has 140 valence electrons. The van der Waals surface area contributed by atoms with Gasteiger partial charge in [0.15, 0.2) is 11.5 Å². The number of benzene rings is 2. The second-order valence-electron chi connectivity index (χ2n) is 6.07. The number of rotatable bonds is 6. The van der Waals surface area contributed by atoms with Crippen molar-refractivity contribution in [2.75, 3.05) is 26.6 Å². The number of nitrogens with one attached hydrogen (secondary N) is 1. The van der Waals surface area contributed by atoms with Gasteiger partial charge in [0.25, 0.3) is 0 Å². The average molecular weight is 365 g/mol. The largest absolute Gasteiger partial charge is 0.493 e. The van der Waals surface area contributed by atoms with Gasteiger partial charge in [-0.3, -0.25) is 0 Å². The summed E-state index contributed by atoms with van der Waals surface area (Å²) < 4.78 is 16.1. The summed E-state index contributed by atoms with van der Waals surface area (Å²) in [6, 6.07) is 11.8. The monoisotopic (exact) mass is 365 g/mol. The van der Waals surface area contributed by atoms with Crippen LogP contribution in [0.2, 0.25) is 0 Å². The summed E-state index contributed by atoms with van der Waals surface area (Å²) in [7, 11) is 4.74. The molecule has 0 fully saturated rings. The fraction of sp³-hybridized carbons (Fsp3) is 0.238. The molecule has 1 aromatic heterocycles. The number of aryl methyl sites for hydroxylation is 2. The molecule has 0 saturated heterocycles. The zero-order chi connectivity index (χ0) is 19.4. The molecule has 0 spiro atoms. The summed E-state index contributed by atoms with van der Waals surface area (Å²) in [5, 5.41) is 3.22. The minimum Gasteiger partial charge on any atom is -0.493 e. The van der Waals surface area contributed by atoms with Crippen molar-refractivity contribution in [2.24, 2.45) is 0 Å². The molecule has 0 unspecified atom stereocenters. The molecule has 0 aliphatic rings. The highest BCUT2D eigenvalue weighted by molar-refractivity contribution is 5.70. The van der Waals surface area contributed by atoms with Crippen LogP contribution in [-0.4, -0.2) is 31.3 Å². The van der Waals surface area contributed by atoms with Gasteiger partial charge in [0.1, 0.15) is 0 Å². The second kappa shape index (κ2) is 7.95. The van der Waals surface area contributed by atoms with E-state index in [9.17, 15) is 0 Å². The number of aromatic nitrogens is 2. The van der Waals surface area contributed by atoms with E-state index < -0.39 is 0 Å². The van der Waals surface area contributed by atoms with Crippen molar-refractivity contribution < 1.29 is 14.2 Å². The van der Waals surface area contributed by atoms with Gasteiger partial charge in [0, 0.05) is 29.6 Å². The Morgan fingerprint density at radius 1 is 0.852 bits per heavy atom. The molecular weight excluding hydrogens is 342 g/mol. The number of nitrogens with zero attached hydrogens (tertiary/aromatic N) is 2. The molecule has 27 heavy (non-hydrogen) atoms. The van der Waals surface area contributed by atoms with Crippen LogP contribution in [0.4, 0.5) is 11.6 Å². The summed E-state index contributed by atoms with van der Waals surface area (Å²) in [5.41, 5.74) is 5.08. The molecule has 0 aliphatic carbocycles. The van der Waals surface area contributed by atoms with Crippen LogP contribution >= 0.6 is 0 Å². The van der Waals surface area contributed by atoms with Crippen LogP contribution in [0.25, 0.3) is 11.3 Å². The first-order chi connectivity index (χ1) is 13.1. The molecule has 0 radical (unpaired) electrons. The topological polar surface area (TPSA) is 65.5 Å². The molecule has 0 atom stereocenters. The van der Waals surface area contributed by atoms with E-state index in [2.05, 4.69) is 41.3 Å². The maximum Gasteiger partial charge on any atom is 0.227 e. The van der Waals surface area contributed by atoms with Gasteiger partial charge in [0.2, 0.25) is 11.7 Å². The first-order valence-corrected chi connectivity index (χ1v) is 8.54. The molecule has 0 bridgehead atoms. The zero-order valence-corrected chi connectivity index (χ0v) is 16.2. The van der Waals surface area contributed by atoms with Crippen LogP contribution < -0.4 is 19.5 Å². The zero-order valence-electron chi connectivity index (χ0n) is 16.2. The van der Waals surface area contributed by atoms with E-state index in [1.807, 2.05) is 24.3 Å². The Morgan fingerprint density at radius 3 is 2.04 bits per heavy atom. The first-order valence-electron chi connectivity index (χ1n) is 8.54. The Balaban J connectivity index is 1.98. The molecule has 0 aliphatic heterocycles. The summed E-state index contributed by atoms with van der Waals surface area (Å²) >= 11 is 0. The van der Waals surface area contributed by atoms with Crippen molar-refractivity contribution in [2.45, 2.75) is 13.8 Å². The third kappa shape index (κ3) is 3.79. The van der Waals surface area contributed by atoms with Gasteiger partial charge in [-0.15, -0.1) is 0 Å². The SMILES string of the molecule is COc1cc(Nc2nccc(-c3c(C)cccc3C)n2)cc(OC)c1OC. The molecule has 3 aromatic rings. The van der Waals surface area contributed by atoms with Gasteiger partial charge in [0.05, 0.1) is 27.0 Å². The summed E-state index contributed by atoms with van der Waals surface area (Å²) in [6.07, 6.45) is 1.74. The van der Waals surface area contributed by atoms with Crippen LogP contribution in [0.3, 0.4) is 0 Å². The predicted molar refractivity (Wildman–Crippen MR) is 106 cm³/mol. The number of hydrogen-bond donors (Lipinski definition) is 1. The molecule has 1 N–H and O–H groups in total. The lowest BCUT2D eigenvalue weighted by Gasteiger charge is -2.15. The first kappa shape index (κ1) is 18.5. The lowest BCUT2D eigenvalue weighted by Crippen LogP contribution is -2.01. The Hall–Kier alpha value is -3.28. The Labute approximate surface area is 159 Å².